The zero-order valence-electron chi connectivity index (χ0n) is 12.5. The van der Waals surface area contributed by atoms with Crippen LogP contribution in [0.4, 0.5) is 0 Å². The summed E-state index contributed by atoms with van der Waals surface area (Å²) in [5.41, 5.74) is 1.53. The molecular formula is C16H14N2O5. The Kier molecular flexibility index (Phi) is 3.61. The monoisotopic (exact) mass is 314 g/mol. The molecule has 1 aliphatic heterocycles. The van der Waals surface area contributed by atoms with E-state index < -0.39 is 18.2 Å². The third kappa shape index (κ3) is 2.57. The number of aliphatic carboxylic acids is 1. The van der Waals surface area contributed by atoms with E-state index in [2.05, 4.69) is 5.10 Å². The second-order valence-corrected chi connectivity index (χ2v) is 5.10. The fourth-order valence-corrected chi connectivity index (χ4v) is 2.22. The maximum absolute atomic E-state index is 11.5. The molecule has 0 aliphatic carbocycles. The topological polar surface area (TPSA) is 90.7 Å². The van der Waals surface area contributed by atoms with Gasteiger partial charge in [-0.05, 0) is 19.9 Å². The number of carbonyl (C=O) groups is 2. The van der Waals surface area contributed by atoms with Crippen molar-refractivity contribution in [2.45, 2.75) is 20.1 Å². The lowest BCUT2D eigenvalue weighted by Gasteiger charge is -2.12. The maximum atomic E-state index is 11.5. The van der Waals surface area contributed by atoms with Crippen molar-refractivity contribution >= 4 is 28.5 Å². The molecule has 23 heavy (non-hydrogen) atoms. The lowest BCUT2D eigenvalue weighted by Crippen LogP contribution is -2.15. The quantitative estimate of drug-likeness (QED) is 0.528. The second kappa shape index (κ2) is 5.60. The molecule has 1 unspecified atom stereocenters. The Balaban J connectivity index is 1.94. The highest BCUT2D eigenvalue weighted by atomic mass is 16.7. The second-order valence-electron chi connectivity index (χ2n) is 5.10. The van der Waals surface area contributed by atoms with Crippen LogP contribution in [0.1, 0.15) is 13.8 Å². The Labute approximate surface area is 131 Å². The van der Waals surface area contributed by atoms with Gasteiger partial charge in [-0.2, -0.15) is 5.10 Å². The van der Waals surface area contributed by atoms with E-state index in [1.54, 1.807) is 32.2 Å². The number of fused-ring (bicyclic) bond motifs is 1. The van der Waals surface area contributed by atoms with Crippen molar-refractivity contribution in [3.8, 4) is 0 Å². The molecular weight excluding hydrogens is 300 g/mol. The minimum Gasteiger partial charge on any atom is -0.476 e. The molecule has 1 N–H and O–H groups in total. The summed E-state index contributed by atoms with van der Waals surface area (Å²) in [6, 6.07) is 7.21. The molecule has 1 aromatic heterocycles. The van der Waals surface area contributed by atoms with Crippen molar-refractivity contribution in [2.75, 3.05) is 0 Å². The summed E-state index contributed by atoms with van der Waals surface area (Å²) < 4.78 is 11.6. The Morgan fingerprint density at radius 1 is 1.39 bits per heavy atom. The van der Waals surface area contributed by atoms with E-state index in [0.717, 1.165) is 11.6 Å². The number of para-hydroxylation sites is 1. The van der Waals surface area contributed by atoms with Crippen molar-refractivity contribution in [3.05, 3.63) is 47.9 Å². The number of cyclic esters (lactones) is 1. The van der Waals surface area contributed by atoms with Gasteiger partial charge in [0.2, 0.25) is 0 Å². The van der Waals surface area contributed by atoms with E-state index in [0.29, 0.717) is 16.7 Å². The fraction of sp³-hybridized carbons (Fsp3) is 0.188. The average Bonchev–Trinajstić information content (AvgIpc) is 3.05. The predicted octanol–water partition coefficient (Wildman–Crippen LogP) is 2.16. The van der Waals surface area contributed by atoms with Crippen LogP contribution in [0.15, 0.2) is 47.9 Å². The molecule has 1 atom stereocenters. The van der Waals surface area contributed by atoms with Gasteiger partial charge >= 0.3 is 11.9 Å². The largest absolute Gasteiger partial charge is 0.476 e. The van der Waals surface area contributed by atoms with Crippen molar-refractivity contribution in [3.63, 3.8) is 0 Å². The van der Waals surface area contributed by atoms with E-state index >= 15 is 0 Å². The van der Waals surface area contributed by atoms with Gasteiger partial charge in [0.1, 0.15) is 6.26 Å². The van der Waals surface area contributed by atoms with Crippen molar-refractivity contribution in [1.82, 2.24) is 9.78 Å². The number of carbonyl (C=O) groups excluding carboxylic acids is 1. The molecule has 3 rings (SSSR count). The molecule has 7 heteroatoms. The van der Waals surface area contributed by atoms with E-state index in [4.69, 9.17) is 9.47 Å². The third-order valence-corrected chi connectivity index (χ3v) is 3.69. The van der Waals surface area contributed by atoms with Crippen molar-refractivity contribution in [2.24, 2.45) is 0 Å². The summed E-state index contributed by atoms with van der Waals surface area (Å²) in [4.78, 5) is 23.0. The number of esters is 1. The van der Waals surface area contributed by atoms with Crippen LogP contribution in [0.5, 0.6) is 0 Å². The number of hydrogen-bond acceptors (Lipinski definition) is 5. The number of carboxylic acid groups (broad SMARTS) is 1. The summed E-state index contributed by atoms with van der Waals surface area (Å²) in [5.74, 6) is -1.68. The molecule has 0 amide bonds. The highest BCUT2D eigenvalue weighted by Gasteiger charge is 2.29. The van der Waals surface area contributed by atoms with Gasteiger partial charge in [0, 0.05) is 16.5 Å². The number of nitrogens with zero attached hydrogens (tertiary/aromatic N) is 2. The summed E-state index contributed by atoms with van der Waals surface area (Å²) in [6.07, 6.45) is 1.69. The molecule has 1 aromatic carbocycles. The predicted molar refractivity (Wildman–Crippen MR) is 81.0 cm³/mol. The smallest absolute Gasteiger partial charge is 0.357 e. The van der Waals surface area contributed by atoms with E-state index in [1.807, 2.05) is 12.1 Å². The molecule has 0 spiro atoms. The van der Waals surface area contributed by atoms with Crippen molar-refractivity contribution in [1.29, 1.82) is 0 Å². The summed E-state index contributed by atoms with van der Waals surface area (Å²) >= 11 is 0. The number of carboxylic acids is 1. The first-order valence-corrected chi connectivity index (χ1v) is 6.89. The molecule has 0 saturated carbocycles. The first-order chi connectivity index (χ1) is 11.0. The lowest BCUT2D eigenvalue weighted by atomic mass is 10.2. The van der Waals surface area contributed by atoms with Gasteiger partial charge in [0.05, 0.1) is 11.7 Å². The summed E-state index contributed by atoms with van der Waals surface area (Å²) in [6.45, 7) is 3.33. The van der Waals surface area contributed by atoms with Crippen LogP contribution in [0.2, 0.25) is 0 Å². The minimum absolute atomic E-state index is 0.181. The molecule has 1 aliphatic rings. The number of rotatable bonds is 4. The maximum Gasteiger partial charge on any atom is 0.357 e. The lowest BCUT2D eigenvalue weighted by molar-refractivity contribution is -0.152. The van der Waals surface area contributed by atoms with Crippen LogP contribution >= 0.6 is 0 Å². The minimum atomic E-state index is -1.21. The normalized spacial score (nSPS) is 18.4. The van der Waals surface area contributed by atoms with Crippen LogP contribution in [0.25, 0.3) is 16.6 Å². The molecule has 118 valence electrons. The molecule has 2 aromatic rings. The molecule has 7 nitrogen and oxygen atoms in total. The van der Waals surface area contributed by atoms with E-state index in [1.165, 1.54) is 4.68 Å². The van der Waals surface area contributed by atoms with E-state index in [9.17, 15) is 14.7 Å². The van der Waals surface area contributed by atoms with Gasteiger partial charge in [-0.25, -0.2) is 14.3 Å². The Hall–Kier alpha value is -3.09. The standard InChI is InChI=1S/C16H14N2O5/c1-9-10(2)16(23-15(9)21)22-8-13(14(19)20)18-12-6-4-3-5-11(12)7-17-18/h3-8,16H,1-2H3,(H,19,20)/b13-8-. The van der Waals surface area contributed by atoms with Crippen molar-refractivity contribution < 1.29 is 24.2 Å². The zero-order chi connectivity index (χ0) is 16.6. The first-order valence-electron chi connectivity index (χ1n) is 6.89. The van der Waals surface area contributed by atoms with Crippen LogP contribution in [0, 0.1) is 0 Å². The SMILES string of the molecule is CC1=C(C)C(O/C=C(/C(=O)O)n2ncc3ccccc32)OC1=O. The highest BCUT2D eigenvalue weighted by molar-refractivity contribution is 6.10. The van der Waals surface area contributed by atoms with Crippen LogP contribution in [-0.2, 0) is 19.1 Å². The Morgan fingerprint density at radius 2 is 2.13 bits per heavy atom. The number of hydrogen-bond donors (Lipinski definition) is 1. The third-order valence-electron chi connectivity index (χ3n) is 3.69. The Bertz CT molecular complexity index is 862. The molecule has 0 fully saturated rings. The number of benzene rings is 1. The van der Waals surface area contributed by atoms with Crippen LogP contribution in [-0.4, -0.2) is 33.1 Å². The molecule has 0 bridgehead atoms. The van der Waals surface area contributed by atoms with Gasteiger partial charge in [-0.3, -0.25) is 0 Å². The first kappa shape index (κ1) is 14.8. The highest BCUT2D eigenvalue weighted by Crippen LogP contribution is 2.24. The van der Waals surface area contributed by atoms with Crippen LogP contribution < -0.4 is 0 Å². The van der Waals surface area contributed by atoms with Gasteiger partial charge in [-0.15, -0.1) is 0 Å². The van der Waals surface area contributed by atoms with Gasteiger partial charge < -0.3 is 14.6 Å². The van der Waals surface area contributed by atoms with Gasteiger partial charge in [0.15, 0.2) is 5.70 Å². The molecule has 2 heterocycles. The molecule has 0 saturated heterocycles. The van der Waals surface area contributed by atoms with Gasteiger partial charge in [-0.1, -0.05) is 18.2 Å². The number of aromatic nitrogens is 2. The van der Waals surface area contributed by atoms with E-state index in [-0.39, 0.29) is 5.70 Å². The molecule has 0 radical (unpaired) electrons. The van der Waals surface area contributed by atoms with Gasteiger partial charge in [0.25, 0.3) is 6.29 Å². The zero-order valence-corrected chi connectivity index (χ0v) is 12.5. The Morgan fingerprint density at radius 3 is 2.78 bits per heavy atom. The summed E-state index contributed by atoms with van der Waals surface area (Å²) in [7, 11) is 0. The summed E-state index contributed by atoms with van der Waals surface area (Å²) in [5, 5.41) is 14.3. The number of ether oxygens (including phenoxy) is 2. The fourth-order valence-electron chi connectivity index (χ4n) is 2.22. The van der Waals surface area contributed by atoms with Crippen LogP contribution in [0.3, 0.4) is 0 Å². The average molecular weight is 314 g/mol.